The molecule has 1 saturated carbocycles. The molecule has 0 aromatic heterocycles. The Kier molecular flexibility index (Phi) is 3.07. The minimum atomic E-state index is -0.785. The van der Waals surface area contributed by atoms with E-state index in [1.165, 1.54) is 12.8 Å². The Balaban J connectivity index is 1.93. The molecule has 0 spiro atoms. The van der Waals surface area contributed by atoms with Gasteiger partial charge in [-0.05, 0) is 25.2 Å². The van der Waals surface area contributed by atoms with Crippen LogP contribution in [0.15, 0.2) is 0 Å². The maximum absolute atomic E-state index is 9.69. The van der Waals surface area contributed by atoms with Crippen LogP contribution in [0.3, 0.4) is 0 Å². The summed E-state index contributed by atoms with van der Waals surface area (Å²) in [6, 6.07) is -0.264. The number of piperidine rings is 1. The molecule has 1 aliphatic carbocycles. The van der Waals surface area contributed by atoms with Crippen LogP contribution in [0.2, 0.25) is 0 Å². The number of hydrogen-bond acceptors (Lipinski definition) is 4. The van der Waals surface area contributed by atoms with E-state index in [9.17, 15) is 15.3 Å². The first-order valence-electron chi connectivity index (χ1n) is 5.43. The molecule has 0 aromatic carbocycles. The van der Waals surface area contributed by atoms with Crippen molar-refractivity contribution in [2.75, 3.05) is 19.7 Å². The first-order chi connectivity index (χ1) is 6.72. The molecule has 3 atom stereocenters. The average molecular weight is 201 g/mol. The van der Waals surface area contributed by atoms with Gasteiger partial charge in [-0.2, -0.15) is 0 Å². The molecular weight excluding hydrogens is 182 g/mol. The molecule has 2 aliphatic rings. The van der Waals surface area contributed by atoms with Gasteiger partial charge in [0.25, 0.3) is 0 Å². The van der Waals surface area contributed by atoms with Crippen LogP contribution in [0, 0.1) is 5.92 Å². The topological polar surface area (TPSA) is 63.9 Å². The number of nitrogens with zero attached hydrogens (tertiary/aromatic N) is 1. The molecule has 1 saturated heterocycles. The van der Waals surface area contributed by atoms with E-state index in [0.29, 0.717) is 6.42 Å². The van der Waals surface area contributed by atoms with Gasteiger partial charge in [0.1, 0.15) is 0 Å². The summed E-state index contributed by atoms with van der Waals surface area (Å²) in [4.78, 5) is 2.12. The lowest BCUT2D eigenvalue weighted by atomic mass is 9.96. The quantitative estimate of drug-likeness (QED) is 0.558. The summed E-state index contributed by atoms with van der Waals surface area (Å²) in [5.41, 5.74) is 0. The number of rotatable bonds is 3. The highest BCUT2D eigenvalue weighted by Crippen LogP contribution is 2.31. The minimum absolute atomic E-state index is 0.0645. The number of aliphatic hydroxyl groups is 3. The fraction of sp³-hybridized carbons (Fsp3) is 1.00. The Hall–Kier alpha value is -0.160. The molecule has 3 N–H and O–H groups in total. The largest absolute Gasteiger partial charge is 0.395 e. The van der Waals surface area contributed by atoms with E-state index >= 15 is 0 Å². The molecule has 4 heteroatoms. The highest BCUT2D eigenvalue weighted by Gasteiger charge is 2.37. The van der Waals surface area contributed by atoms with Gasteiger partial charge in [-0.15, -0.1) is 0 Å². The van der Waals surface area contributed by atoms with Crippen LogP contribution in [0.5, 0.6) is 0 Å². The number of aliphatic hydroxyl groups excluding tert-OH is 3. The highest BCUT2D eigenvalue weighted by atomic mass is 16.3. The second kappa shape index (κ2) is 4.14. The number of likely N-dealkylation sites (tertiary alicyclic amines) is 1. The van der Waals surface area contributed by atoms with E-state index in [2.05, 4.69) is 4.90 Å². The van der Waals surface area contributed by atoms with Crippen LogP contribution in [0.25, 0.3) is 0 Å². The van der Waals surface area contributed by atoms with Gasteiger partial charge in [-0.3, -0.25) is 4.90 Å². The zero-order chi connectivity index (χ0) is 10.1. The van der Waals surface area contributed by atoms with Crippen molar-refractivity contribution in [2.24, 2.45) is 5.92 Å². The van der Waals surface area contributed by atoms with E-state index in [1.54, 1.807) is 0 Å². The van der Waals surface area contributed by atoms with Gasteiger partial charge in [0.2, 0.25) is 0 Å². The van der Waals surface area contributed by atoms with Crippen molar-refractivity contribution in [3.8, 4) is 0 Å². The standard InChI is InChI=1S/C10H19NO3/c12-6-8-10(14)9(13)3-4-11(8)5-7-1-2-7/h7-10,12-14H,1-6H2/t8-,9-,10?/m1/s1. The second-order valence-corrected chi connectivity index (χ2v) is 4.53. The number of hydrogen-bond donors (Lipinski definition) is 3. The zero-order valence-electron chi connectivity index (χ0n) is 8.34. The molecule has 1 aliphatic heterocycles. The molecule has 0 aromatic rings. The summed E-state index contributed by atoms with van der Waals surface area (Å²) in [5.74, 6) is 0.756. The minimum Gasteiger partial charge on any atom is -0.395 e. The summed E-state index contributed by atoms with van der Waals surface area (Å²) in [5, 5.41) is 28.3. The lowest BCUT2D eigenvalue weighted by molar-refractivity contribution is -0.0904. The van der Waals surface area contributed by atoms with Gasteiger partial charge in [0.15, 0.2) is 0 Å². The Morgan fingerprint density at radius 2 is 1.86 bits per heavy atom. The maximum atomic E-state index is 9.69. The van der Waals surface area contributed by atoms with Crippen LogP contribution in [-0.4, -0.2) is 58.2 Å². The lowest BCUT2D eigenvalue weighted by Crippen LogP contribution is -2.56. The van der Waals surface area contributed by atoms with E-state index in [4.69, 9.17) is 0 Å². The highest BCUT2D eigenvalue weighted by molar-refractivity contribution is 4.91. The van der Waals surface area contributed by atoms with Crippen molar-refractivity contribution in [3.63, 3.8) is 0 Å². The van der Waals surface area contributed by atoms with Crippen molar-refractivity contribution < 1.29 is 15.3 Å². The summed E-state index contributed by atoms with van der Waals surface area (Å²) < 4.78 is 0. The summed E-state index contributed by atoms with van der Waals surface area (Å²) in [6.45, 7) is 1.69. The summed E-state index contributed by atoms with van der Waals surface area (Å²) >= 11 is 0. The fourth-order valence-corrected chi connectivity index (χ4v) is 2.19. The first kappa shape index (κ1) is 10.4. The normalized spacial score (nSPS) is 40.1. The zero-order valence-corrected chi connectivity index (χ0v) is 8.34. The van der Waals surface area contributed by atoms with Crippen molar-refractivity contribution in [1.29, 1.82) is 0 Å². The van der Waals surface area contributed by atoms with Crippen LogP contribution in [0.4, 0.5) is 0 Å². The maximum Gasteiger partial charge on any atom is 0.0976 e. The van der Waals surface area contributed by atoms with Crippen molar-refractivity contribution in [2.45, 2.75) is 37.5 Å². The van der Waals surface area contributed by atoms with Gasteiger partial charge in [-0.1, -0.05) is 0 Å². The summed E-state index contributed by atoms with van der Waals surface area (Å²) in [7, 11) is 0. The van der Waals surface area contributed by atoms with Crippen molar-refractivity contribution >= 4 is 0 Å². The Morgan fingerprint density at radius 3 is 2.43 bits per heavy atom. The lowest BCUT2D eigenvalue weighted by Gasteiger charge is -2.40. The second-order valence-electron chi connectivity index (χ2n) is 4.53. The third-order valence-corrected chi connectivity index (χ3v) is 3.35. The van der Waals surface area contributed by atoms with Gasteiger partial charge < -0.3 is 15.3 Å². The molecule has 2 rings (SSSR count). The van der Waals surface area contributed by atoms with Crippen LogP contribution in [0.1, 0.15) is 19.3 Å². The van der Waals surface area contributed by atoms with Gasteiger partial charge in [0.05, 0.1) is 24.9 Å². The van der Waals surface area contributed by atoms with Gasteiger partial charge in [0, 0.05) is 13.1 Å². The van der Waals surface area contributed by atoms with Gasteiger partial charge in [-0.25, -0.2) is 0 Å². The fourth-order valence-electron chi connectivity index (χ4n) is 2.19. The smallest absolute Gasteiger partial charge is 0.0976 e. The predicted octanol–water partition coefficient (Wildman–Crippen LogP) is -0.815. The van der Waals surface area contributed by atoms with Gasteiger partial charge >= 0.3 is 0 Å². The summed E-state index contributed by atoms with van der Waals surface area (Å²) in [6.07, 6.45) is 1.71. The van der Waals surface area contributed by atoms with Crippen LogP contribution >= 0.6 is 0 Å². The van der Waals surface area contributed by atoms with E-state index in [0.717, 1.165) is 19.0 Å². The van der Waals surface area contributed by atoms with E-state index < -0.39 is 12.2 Å². The average Bonchev–Trinajstić information content (AvgIpc) is 2.96. The van der Waals surface area contributed by atoms with Crippen molar-refractivity contribution in [3.05, 3.63) is 0 Å². The molecule has 82 valence electrons. The Bertz CT molecular complexity index is 196. The molecule has 4 nitrogen and oxygen atoms in total. The van der Waals surface area contributed by atoms with E-state index in [-0.39, 0.29) is 12.6 Å². The van der Waals surface area contributed by atoms with Crippen LogP contribution < -0.4 is 0 Å². The molecule has 0 radical (unpaired) electrons. The predicted molar refractivity (Wildman–Crippen MR) is 51.8 cm³/mol. The monoisotopic (exact) mass is 201 g/mol. The third kappa shape index (κ3) is 2.08. The molecule has 2 fully saturated rings. The van der Waals surface area contributed by atoms with Crippen LogP contribution in [-0.2, 0) is 0 Å². The van der Waals surface area contributed by atoms with Crippen molar-refractivity contribution in [1.82, 2.24) is 4.90 Å². The molecule has 1 unspecified atom stereocenters. The molecular formula is C10H19NO3. The van der Waals surface area contributed by atoms with E-state index in [1.807, 2.05) is 0 Å². The first-order valence-corrected chi connectivity index (χ1v) is 5.43. The molecule has 1 heterocycles. The Morgan fingerprint density at radius 1 is 1.14 bits per heavy atom. The third-order valence-electron chi connectivity index (χ3n) is 3.35. The molecule has 14 heavy (non-hydrogen) atoms. The Labute approximate surface area is 84.2 Å². The molecule has 0 amide bonds. The SMILES string of the molecule is OC[C@@H]1C(O)[C@H](O)CCN1CC1CC1. The molecule has 0 bridgehead atoms.